The third-order valence-corrected chi connectivity index (χ3v) is 2.49. The molecular weight excluding hydrogens is 246 g/mol. The fraction of sp³-hybridized carbons (Fsp3) is 0.538. The minimum atomic E-state index is -0.585. The zero-order valence-electron chi connectivity index (χ0n) is 11.4. The Morgan fingerprint density at radius 3 is 3.00 bits per heavy atom. The fourth-order valence-electron chi connectivity index (χ4n) is 1.66. The van der Waals surface area contributed by atoms with Gasteiger partial charge < -0.3 is 15.2 Å². The molecule has 0 spiro atoms. The van der Waals surface area contributed by atoms with Gasteiger partial charge >= 0.3 is 0 Å². The van der Waals surface area contributed by atoms with E-state index in [2.05, 4.69) is 10.3 Å². The lowest BCUT2D eigenvalue weighted by atomic mass is 10.3. The summed E-state index contributed by atoms with van der Waals surface area (Å²) in [4.78, 5) is 17.5. The average Bonchev–Trinajstić information content (AvgIpc) is 2.37. The van der Waals surface area contributed by atoms with Gasteiger partial charge in [0.15, 0.2) is 0 Å². The van der Waals surface area contributed by atoms with Gasteiger partial charge in [-0.1, -0.05) is 6.07 Å². The van der Waals surface area contributed by atoms with Gasteiger partial charge in [0.2, 0.25) is 5.91 Å². The van der Waals surface area contributed by atoms with Crippen molar-refractivity contribution >= 4 is 5.91 Å². The molecule has 1 unspecified atom stereocenters. The van der Waals surface area contributed by atoms with Crippen LogP contribution >= 0.6 is 0 Å². The molecule has 19 heavy (non-hydrogen) atoms. The summed E-state index contributed by atoms with van der Waals surface area (Å²) >= 11 is 0. The molecule has 0 saturated heterocycles. The van der Waals surface area contributed by atoms with Crippen molar-refractivity contribution in [2.75, 3.05) is 33.9 Å². The molecule has 6 heteroatoms. The first-order valence-electron chi connectivity index (χ1n) is 6.14. The third kappa shape index (κ3) is 6.85. The summed E-state index contributed by atoms with van der Waals surface area (Å²) in [5, 5.41) is 12.3. The second-order valence-electron chi connectivity index (χ2n) is 4.40. The van der Waals surface area contributed by atoms with Gasteiger partial charge in [-0.05, 0) is 19.2 Å². The number of carbonyl (C=O) groups excluding carboxylic acids is 1. The standard InChI is InChI=1S/C13H21N3O3/c1-16(8-12(17)10-19-2)9-13(18)15-7-11-5-3-4-6-14-11/h3-6,12,17H,7-10H2,1-2H3,(H,15,18). The second-order valence-corrected chi connectivity index (χ2v) is 4.40. The van der Waals surface area contributed by atoms with E-state index in [1.54, 1.807) is 18.1 Å². The quantitative estimate of drug-likeness (QED) is 0.672. The fourth-order valence-corrected chi connectivity index (χ4v) is 1.66. The summed E-state index contributed by atoms with van der Waals surface area (Å²) in [6, 6.07) is 5.56. The molecule has 0 bridgehead atoms. The molecule has 2 N–H and O–H groups in total. The van der Waals surface area contributed by atoms with Gasteiger partial charge in [-0.25, -0.2) is 0 Å². The smallest absolute Gasteiger partial charge is 0.234 e. The third-order valence-electron chi connectivity index (χ3n) is 2.49. The van der Waals surface area contributed by atoms with Crippen LogP contribution in [-0.2, 0) is 16.1 Å². The number of rotatable bonds is 8. The predicted molar refractivity (Wildman–Crippen MR) is 71.5 cm³/mol. The number of aromatic nitrogens is 1. The van der Waals surface area contributed by atoms with E-state index in [4.69, 9.17) is 4.74 Å². The van der Waals surface area contributed by atoms with Gasteiger partial charge in [-0.2, -0.15) is 0 Å². The average molecular weight is 267 g/mol. The van der Waals surface area contributed by atoms with E-state index >= 15 is 0 Å². The Morgan fingerprint density at radius 2 is 2.37 bits per heavy atom. The molecule has 1 aromatic rings. The van der Waals surface area contributed by atoms with Crippen LogP contribution in [-0.4, -0.2) is 60.9 Å². The molecule has 1 atom stereocenters. The maximum atomic E-state index is 11.7. The number of nitrogens with one attached hydrogen (secondary N) is 1. The first kappa shape index (κ1) is 15.6. The Labute approximate surface area is 113 Å². The number of ether oxygens (including phenoxy) is 1. The van der Waals surface area contributed by atoms with Gasteiger partial charge in [0.1, 0.15) is 0 Å². The Balaban J connectivity index is 2.23. The van der Waals surface area contributed by atoms with Crippen molar-refractivity contribution in [3.8, 4) is 0 Å². The van der Waals surface area contributed by atoms with Crippen molar-refractivity contribution in [1.82, 2.24) is 15.2 Å². The summed E-state index contributed by atoms with van der Waals surface area (Å²) in [7, 11) is 3.31. The number of hydrogen-bond donors (Lipinski definition) is 2. The molecule has 0 saturated carbocycles. The Bertz CT molecular complexity index is 373. The van der Waals surface area contributed by atoms with Crippen LogP contribution in [0.25, 0.3) is 0 Å². The van der Waals surface area contributed by atoms with Gasteiger partial charge in [0.05, 0.1) is 31.5 Å². The lowest BCUT2D eigenvalue weighted by Crippen LogP contribution is -2.39. The molecule has 6 nitrogen and oxygen atoms in total. The highest BCUT2D eigenvalue weighted by atomic mass is 16.5. The normalized spacial score (nSPS) is 12.4. The minimum Gasteiger partial charge on any atom is -0.389 e. The topological polar surface area (TPSA) is 74.7 Å². The van der Waals surface area contributed by atoms with E-state index in [0.717, 1.165) is 5.69 Å². The van der Waals surface area contributed by atoms with Crippen molar-refractivity contribution in [2.24, 2.45) is 0 Å². The molecule has 106 valence electrons. The van der Waals surface area contributed by atoms with Crippen LogP contribution in [0.4, 0.5) is 0 Å². The highest BCUT2D eigenvalue weighted by Crippen LogP contribution is 1.93. The largest absolute Gasteiger partial charge is 0.389 e. The molecule has 0 aliphatic rings. The monoisotopic (exact) mass is 267 g/mol. The summed E-state index contributed by atoms with van der Waals surface area (Å²) < 4.78 is 4.83. The van der Waals surface area contributed by atoms with Crippen molar-refractivity contribution in [3.63, 3.8) is 0 Å². The van der Waals surface area contributed by atoms with Gasteiger partial charge in [-0.3, -0.25) is 14.7 Å². The van der Waals surface area contributed by atoms with Gasteiger partial charge in [-0.15, -0.1) is 0 Å². The van der Waals surface area contributed by atoms with E-state index in [-0.39, 0.29) is 19.1 Å². The van der Waals surface area contributed by atoms with Crippen LogP contribution < -0.4 is 5.32 Å². The molecule has 1 heterocycles. The summed E-state index contributed by atoms with van der Waals surface area (Å²) in [6.45, 7) is 1.30. The molecule has 0 fully saturated rings. The Morgan fingerprint density at radius 1 is 1.58 bits per heavy atom. The van der Waals surface area contributed by atoms with E-state index in [1.807, 2.05) is 18.2 Å². The number of nitrogens with zero attached hydrogens (tertiary/aromatic N) is 2. The minimum absolute atomic E-state index is 0.0993. The summed E-state index contributed by atoms with van der Waals surface area (Å²) in [5.74, 6) is -0.0993. The number of hydrogen-bond acceptors (Lipinski definition) is 5. The summed E-state index contributed by atoms with van der Waals surface area (Å²) in [6.07, 6.45) is 1.10. The maximum absolute atomic E-state index is 11.7. The number of aliphatic hydroxyl groups excluding tert-OH is 1. The number of aliphatic hydroxyl groups is 1. The molecule has 1 amide bonds. The zero-order valence-corrected chi connectivity index (χ0v) is 11.4. The number of carbonyl (C=O) groups is 1. The van der Waals surface area contributed by atoms with Crippen LogP contribution in [0.2, 0.25) is 0 Å². The SMILES string of the molecule is COCC(O)CN(C)CC(=O)NCc1ccccn1. The Hall–Kier alpha value is -1.50. The van der Waals surface area contributed by atoms with Crippen LogP contribution in [0.3, 0.4) is 0 Å². The number of pyridine rings is 1. The van der Waals surface area contributed by atoms with E-state index < -0.39 is 6.10 Å². The highest BCUT2D eigenvalue weighted by molar-refractivity contribution is 5.77. The number of likely N-dealkylation sites (N-methyl/N-ethyl adjacent to an activating group) is 1. The number of amides is 1. The van der Waals surface area contributed by atoms with Crippen LogP contribution in [0, 0.1) is 0 Å². The van der Waals surface area contributed by atoms with Gasteiger partial charge in [0.25, 0.3) is 0 Å². The molecule has 1 aromatic heterocycles. The zero-order chi connectivity index (χ0) is 14.1. The molecule has 0 aliphatic heterocycles. The van der Waals surface area contributed by atoms with Crippen molar-refractivity contribution in [2.45, 2.75) is 12.6 Å². The van der Waals surface area contributed by atoms with Crippen LogP contribution in [0.1, 0.15) is 5.69 Å². The Kier molecular flexibility index (Phi) is 7.02. The summed E-state index contributed by atoms with van der Waals surface area (Å²) in [5.41, 5.74) is 0.818. The molecular formula is C13H21N3O3. The molecule has 0 aliphatic carbocycles. The first-order valence-corrected chi connectivity index (χ1v) is 6.14. The highest BCUT2D eigenvalue weighted by Gasteiger charge is 2.11. The lowest BCUT2D eigenvalue weighted by molar-refractivity contribution is -0.122. The predicted octanol–water partition coefficient (Wildman–Crippen LogP) is -0.363. The van der Waals surface area contributed by atoms with E-state index in [1.165, 1.54) is 7.11 Å². The molecule has 0 radical (unpaired) electrons. The van der Waals surface area contributed by atoms with Crippen molar-refractivity contribution < 1.29 is 14.6 Å². The maximum Gasteiger partial charge on any atom is 0.234 e. The van der Waals surface area contributed by atoms with Gasteiger partial charge in [0, 0.05) is 19.9 Å². The van der Waals surface area contributed by atoms with Crippen molar-refractivity contribution in [3.05, 3.63) is 30.1 Å². The second kappa shape index (κ2) is 8.58. The lowest BCUT2D eigenvalue weighted by Gasteiger charge is -2.19. The van der Waals surface area contributed by atoms with Crippen LogP contribution in [0.5, 0.6) is 0 Å². The van der Waals surface area contributed by atoms with Crippen molar-refractivity contribution in [1.29, 1.82) is 0 Å². The van der Waals surface area contributed by atoms with E-state index in [9.17, 15) is 9.90 Å². The first-order chi connectivity index (χ1) is 9.11. The number of methoxy groups -OCH3 is 1. The molecule has 1 rings (SSSR count). The van der Waals surface area contributed by atoms with E-state index in [0.29, 0.717) is 13.1 Å². The van der Waals surface area contributed by atoms with Crippen LogP contribution in [0.15, 0.2) is 24.4 Å². The molecule has 0 aromatic carbocycles.